The van der Waals surface area contributed by atoms with Crippen molar-refractivity contribution in [3.05, 3.63) is 70.1 Å². The summed E-state index contributed by atoms with van der Waals surface area (Å²) in [6.07, 6.45) is 1.62. The molecule has 2 aromatic rings. The Labute approximate surface area is 145 Å². The first kappa shape index (κ1) is 15.8. The zero-order valence-corrected chi connectivity index (χ0v) is 13.9. The van der Waals surface area contributed by atoms with E-state index in [1.165, 1.54) is 0 Å². The summed E-state index contributed by atoms with van der Waals surface area (Å²) in [5.74, 6) is 0.0613. The maximum Gasteiger partial charge on any atom is 0.251 e. The summed E-state index contributed by atoms with van der Waals surface area (Å²) in [7, 11) is 0. The van der Waals surface area contributed by atoms with E-state index in [1.807, 2.05) is 16.7 Å². The van der Waals surface area contributed by atoms with Crippen molar-refractivity contribution in [3.8, 4) is 0 Å². The van der Waals surface area contributed by atoms with Crippen LogP contribution in [-0.2, 0) is 11.2 Å². The summed E-state index contributed by atoms with van der Waals surface area (Å²) in [5.41, 5.74) is 1.62. The number of hydrogen-bond donors (Lipinski definition) is 0. The van der Waals surface area contributed by atoms with Crippen molar-refractivity contribution in [1.29, 1.82) is 0 Å². The van der Waals surface area contributed by atoms with Crippen LogP contribution in [0.4, 0.5) is 0 Å². The summed E-state index contributed by atoms with van der Waals surface area (Å²) in [6, 6.07) is 14.3. The number of pyridine rings is 1. The average Bonchev–Trinajstić information content (AvgIpc) is 2.62. The van der Waals surface area contributed by atoms with E-state index in [0.717, 1.165) is 18.5 Å². The number of rotatable bonds is 3. The van der Waals surface area contributed by atoms with Crippen molar-refractivity contribution < 1.29 is 9.59 Å². The number of Topliss-reactive ketones (excluding diaryl/α,β-unsaturated/α-hetero) is 1. The molecule has 2 bridgehead atoms. The van der Waals surface area contributed by atoms with Gasteiger partial charge in [-0.05, 0) is 24.8 Å². The molecule has 0 radical (unpaired) electrons. The van der Waals surface area contributed by atoms with Crippen molar-refractivity contribution in [2.45, 2.75) is 25.3 Å². The monoisotopic (exact) mass is 336 g/mol. The molecule has 4 rings (SSSR count). The first-order valence-corrected chi connectivity index (χ1v) is 8.68. The first-order valence-electron chi connectivity index (χ1n) is 8.68. The summed E-state index contributed by atoms with van der Waals surface area (Å²) in [6.45, 7) is 1.18. The largest absolute Gasteiger partial charge is 0.340 e. The third kappa shape index (κ3) is 3.02. The van der Waals surface area contributed by atoms with Gasteiger partial charge in [0, 0.05) is 30.4 Å². The van der Waals surface area contributed by atoms with E-state index < -0.39 is 0 Å². The van der Waals surface area contributed by atoms with Gasteiger partial charge in [0.05, 0.1) is 12.5 Å². The standard InChI is InChI=1S/C20H20N2O3/c23-18(15-5-2-1-3-6-15)11-20(25)21-12-14-9-16-7-4-8-19(24)22(16)17(10-14)13-21/h1-8,14,17H,9-13H2/t14-,17-/m0/s1. The number of carbonyl (C=O) groups excluding carboxylic acids is 2. The Balaban J connectivity index is 1.50. The highest BCUT2D eigenvalue weighted by atomic mass is 16.2. The minimum atomic E-state index is -0.154. The molecule has 1 fully saturated rings. The molecule has 1 aromatic heterocycles. The fraction of sp³-hybridized carbons (Fsp3) is 0.350. The van der Waals surface area contributed by atoms with E-state index in [-0.39, 0.29) is 29.7 Å². The molecule has 2 atom stereocenters. The number of carbonyl (C=O) groups is 2. The molecule has 128 valence electrons. The molecule has 2 aliphatic heterocycles. The highest BCUT2D eigenvalue weighted by Crippen LogP contribution is 2.33. The fourth-order valence-corrected chi connectivity index (χ4v) is 4.11. The number of amides is 1. The zero-order chi connectivity index (χ0) is 17.4. The van der Waals surface area contributed by atoms with Crippen LogP contribution in [0.1, 0.15) is 34.9 Å². The van der Waals surface area contributed by atoms with Crippen LogP contribution in [0, 0.1) is 5.92 Å². The third-order valence-corrected chi connectivity index (χ3v) is 5.21. The molecular weight excluding hydrogens is 316 g/mol. The quantitative estimate of drug-likeness (QED) is 0.637. The van der Waals surface area contributed by atoms with Gasteiger partial charge in [-0.15, -0.1) is 0 Å². The minimum absolute atomic E-state index is 0.00406. The Morgan fingerprint density at radius 2 is 1.80 bits per heavy atom. The van der Waals surface area contributed by atoms with Gasteiger partial charge in [0.1, 0.15) is 0 Å². The summed E-state index contributed by atoms with van der Waals surface area (Å²) in [4.78, 5) is 38.9. The summed E-state index contributed by atoms with van der Waals surface area (Å²) < 4.78 is 1.83. The van der Waals surface area contributed by atoms with Gasteiger partial charge in [-0.1, -0.05) is 36.4 Å². The van der Waals surface area contributed by atoms with Crippen molar-refractivity contribution in [2.75, 3.05) is 13.1 Å². The van der Waals surface area contributed by atoms with E-state index in [9.17, 15) is 14.4 Å². The Kier molecular flexibility index (Phi) is 3.99. The molecule has 0 saturated carbocycles. The first-order chi connectivity index (χ1) is 12.1. The van der Waals surface area contributed by atoms with Gasteiger partial charge in [-0.2, -0.15) is 0 Å². The molecule has 1 amide bonds. The highest BCUT2D eigenvalue weighted by Gasteiger charge is 2.36. The van der Waals surface area contributed by atoms with Crippen LogP contribution in [0.25, 0.3) is 0 Å². The summed E-state index contributed by atoms with van der Waals surface area (Å²) >= 11 is 0. The number of hydrogen-bond acceptors (Lipinski definition) is 3. The summed E-state index contributed by atoms with van der Waals surface area (Å²) in [5, 5.41) is 0. The molecule has 0 unspecified atom stereocenters. The Morgan fingerprint density at radius 3 is 2.60 bits per heavy atom. The fourth-order valence-electron chi connectivity index (χ4n) is 4.11. The smallest absolute Gasteiger partial charge is 0.251 e. The maximum absolute atomic E-state index is 12.6. The van der Waals surface area contributed by atoms with Crippen LogP contribution in [0.15, 0.2) is 53.3 Å². The Morgan fingerprint density at radius 1 is 1.00 bits per heavy atom. The van der Waals surface area contributed by atoms with Gasteiger partial charge in [-0.25, -0.2) is 0 Å². The van der Waals surface area contributed by atoms with Gasteiger partial charge in [-0.3, -0.25) is 14.4 Å². The second-order valence-electron chi connectivity index (χ2n) is 6.95. The molecular formula is C20H20N2O3. The lowest BCUT2D eigenvalue weighted by molar-refractivity contribution is -0.133. The lowest BCUT2D eigenvalue weighted by Gasteiger charge is -2.43. The Hall–Kier alpha value is -2.69. The Bertz CT molecular complexity index is 872. The topological polar surface area (TPSA) is 59.4 Å². The van der Waals surface area contributed by atoms with Crippen LogP contribution in [0.3, 0.4) is 0 Å². The van der Waals surface area contributed by atoms with E-state index in [2.05, 4.69) is 0 Å². The molecule has 0 spiro atoms. The van der Waals surface area contributed by atoms with E-state index in [4.69, 9.17) is 0 Å². The molecule has 2 aliphatic rings. The van der Waals surface area contributed by atoms with E-state index in [1.54, 1.807) is 41.3 Å². The van der Waals surface area contributed by atoms with E-state index >= 15 is 0 Å². The van der Waals surface area contributed by atoms with Crippen molar-refractivity contribution >= 4 is 11.7 Å². The SMILES string of the molecule is O=C(CC(=O)N1C[C@H]2Cc3cccc(=O)n3[C@@H](C2)C1)c1ccccc1. The molecule has 1 aromatic carbocycles. The number of likely N-dealkylation sites (tertiary alicyclic amines) is 1. The lowest BCUT2D eigenvalue weighted by Crippen LogP contribution is -2.50. The molecule has 3 heterocycles. The molecule has 5 nitrogen and oxygen atoms in total. The predicted octanol–water partition coefficient (Wildman–Crippen LogP) is 2.07. The molecule has 0 N–H and O–H groups in total. The van der Waals surface area contributed by atoms with Gasteiger partial charge < -0.3 is 9.47 Å². The van der Waals surface area contributed by atoms with Gasteiger partial charge in [0.15, 0.2) is 5.78 Å². The van der Waals surface area contributed by atoms with Crippen LogP contribution >= 0.6 is 0 Å². The second kappa shape index (κ2) is 6.31. The molecule has 5 heteroatoms. The van der Waals surface area contributed by atoms with E-state index in [0.29, 0.717) is 24.6 Å². The normalized spacial score (nSPS) is 21.5. The van der Waals surface area contributed by atoms with Gasteiger partial charge >= 0.3 is 0 Å². The number of benzene rings is 1. The number of aromatic nitrogens is 1. The van der Waals surface area contributed by atoms with Crippen molar-refractivity contribution in [2.24, 2.45) is 5.92 Å². The highest BCUT2D eigenvalue weighted by molar-refractivity contribution is 6.07. The van der Waals surface area contributed by atoms with Crippen molar-refractivity contribution in [3.63, 3.8) is 0 Å². The predicted molar refractivity (Wildman–Crippen MR) is 93.5 cm³/mol. The number of nitrogens with zero attached hydrogens (tertiary/aromatic N) is 2. The van der Waals surface area contributed by atoms with Crippen LogP contribution in [-0.4, -0.2) is 34.2 Å². The lowest BCUT2D eigenvalue weighted by atomic mass is 9.85. The van der Waals surface area contributed by atoms with Crippen molar-refractivity contribution in [1.82, 2.24) is 9.47 Å². The minimum Gasteiger partial charge on any atom is -0.340 e. The number of piperidine rings is 1. The van der Waals surface area contributed by atoms with Crippen LogP contribution in [0.2, 0.25) is 0 Å². The maximum atomic E-state index is 12.6. The van der Waals surface area contributed by atoms with Gasteiger partial charge in [0.25, 0.3) is 5.56 Å². The van der Waals surface area contributed by atoms with Gasteiger partial charge in [0.2, 0.25) is 5.91 Å². The molecule has 0 aliphatic carbocycles. The number of ketones is 1. The second-order valence-corrected chi connectivity index (χ2v) is 6.95. The molecule has 25 heavy (non-hydrogen) atoms. The average molecular weight is 336 g/mol. The van der Waals surface area contributed by atoms with Crippen LogP contribution in [0.5, 0.6) is 0 Å². The third-order valence-electron chi connectivity index (χ3n) is 5.21. The molecule has 1 saturated heterocycles. The number of fused-ring (bicyclic) bond motifs is 4. The van der Waals surface area contributed by atoms with Crippen LogP contribution < -0.4 is 5.56 Å². The zero-order valence-electron chi connectivity index (χ0n) is 13.9.